The van der Waals surface area contributed by atoms with Crippen LogP contribution in [-0.4, -0.2) is 26.2 Å². The molecule has 0 saturated carbocycles. The SMILES string of the molecule is COc1ccc(C(=O)NC(C)c2ccc3c(c2)OCCO3)cc1Cl. The molecule has 1 heterocycles. The second-order valence-electron chi connectivity index (χ2n) is 5.45. The number of hydrogen-bond donors (Lipinski definition) is 1. The summed E-state index contributed by atoms with van der Waals surface area (Å²) in [6, 6.07) is 10.4. The standard InChI is InChI=1S/C18H18ClNO4/c1-11(12-3-6-16-17(10-12)24-8-7-23-16)20-18(21)13-4-5-15(22-2)14(19)9-13/h3-6,9-11H,7-8H2,1-2H3,(H,20,21). The van der Waals surface area contributed by atoms with Gasteiger partial charge in [-0.3, -0.25) is 4.79 Å². The third kappa shape index (κ3) is 3.41. The minimum Gasteiger partial charge on any atom is -0.495 e. The third-order valence-corrected chi connectivity index (χ3v) is 4.12. The molecule has 0 saturated heterocycles. The summed E-state index contributed by atoms with van der Waals surface area (Å²) in [5.41, 5.74) is 1.41. The van der Waals surface area contributed by atoms with Crippen molar-refractivity contribution >= 4 is 17.5 Å². The number of nitrogens with one attached hydrogen (secondary N) is 1. The molecule has 0 radical (unpaired) electrons. The molecule has 0 spiro atoms. The predicted molar refractivity (Wildman–Crippen MR) is 91.3 cm³/mol. The van der Waals surface area contributed by atoms with E-state index >= 15 is 0 Å². The summed E-state index contributed by atoms with van der Waals surface area (Å²) < 4.78 is 16.2. The topological polar surface area (TPSA) is 56.8 Å². The molecule has 24 heavy (non-hydrogen) atoms. The molecule has 1 amide bonds. The van der Waals surface area contributed by atoms with Crippen LogP contribution in [0.15, 0.2) is 36.4 Å². The van der Waals surface area contributed by atoms with E-state index in [1.54, 1.807) is 18.2 Å². The van der Waals surface area contributed by atoms with Gasteiger partial charge < -0.3 is 19.5 Å². The van der Waals surface area contributed by atoms with Crippen LogP contribution in [0.1, 0.15) is 28.9 Å². The lowest BCUT2D eigenvalue weighted by Gasteiger charge is -2.21. The normalized spacial score (nSPS) is 14.0. The Kier molecular flexibility index (Phi) is 4.81. The number of fused-ring (bicyclic) bond motifs is 1. The number of rotatable bonds is 4. The average Bonchev–Trinajstić information content (AvgIpc) is 2.61. The molecule has 1 aliphatic heterocycles. The first-order chi connectivity index (χ1) is 11.6. The number of hydrogen-bond acceptors (Lipinski definition) is 4. The molecule has 0 fully saturated rings. The van der Waals surface area contributed by atoms with Gasteiger partial charge >= 0.3 is 0 Å². The van der Waals surface area contributed by atoms with Gasteiger partial charge in [-0.1, -0.05) is 17.7 Å². The molecule has 0 aliphatic carbocycles. The first-order valence-corrected chi connectivity index (χ1v) is 8.00. The van der Waals surface area contributed by atoms with Crippen LogP contribution in [0.3, 0.4) is 0 Å². The van der Waals surface area contributed by atoms with Crippen molar-refractivity contribution < 1.29 is 19.0 Å². The minimum absolute atomic E-state index is 0.186. The summed E-state index contributed by atoms with van der Waals surface area (Å²) in [7, 11) is 1.53. The van der Waals surface area contributed by atoms with Crippen molar-refractivity contribution in [1.82, 2.24) is 5.32 Å². The molecule has 6 heteroatoms. The van der Waals surface area contributed by atoms with E-state index in [-0.39, 0.29) is 11.9 Å². The summed E-state index contributed by atoms with van der Waals surface area (Å²) in [5, 5.41) is 3.35. The Balaban J connectivity index is 1.73. The van der Waals surface area contributed by atoms with Gasteiger partial charge in [-0.2, -0.15) is 0 Å². The molecule has 0 bridgehead atoms. The van der Waals surface area contributed by atoms with E-state index in [1.807, 2.05) is 25.1 Å². The monoisotopic (exact) mass is 347 g/mol. The number of carbonyl (C=O) groups excluding carboxylic acids is 1. The summed E-state index contributed by atoms with van der Waals surface area (Å²) in [4.78, 5) is 12.4. The Labute approximate surface area is 145 Å². The number of amides is 1. The first-order valence-electron chi connectivity index (χ1n) is 7.62. The zero-order valence-electron chi connectivity index (χ0n) is 13.5. The van der Waals surface area contributed by atoms with Crippen molar-refractivity contribution in [2.75, 3.05) is 20.3 Å². The largest absolute Gasteiger partial charge is 0.495 e. The van der Waals surface area contributed by atoms with E-state index in [4.69, 9.17) is 25.8 Å². The fourth-order valence-electron chi connectivity index (χ4n) is 2.50. The molecule has 2 aromatic carbocycles. The van der Waals surface area contributed by atoms with Crippen LogP contribution < -0.4 is 19.5 Å². The van der Waals surface area contributed by atoms with Crippen LogP contribution in [0.4, 0.5) is 0 Å². The molecular weight excluding hydrogens is 330 g/mol. The maximum absolute atomic E-state index is 12.4. The molecule has 1 aliphatic rings. The highest BCUT2D eigenvalue weighted by Gasteiger charge is 2.17. The predicted octanol–water partition coefficient (Wildman–Crippen LogP) is 3.61. The second kappa shape index (κ2) is 7.01. The minimum atomic E-state index is -0.207. The molecule has 0 aromatic heterocycles. The van der Waals surface area contributed by atoms with E-state index in [9.17, 15) is 4.79 Å². The van der Waals surface area contributed by atoms with Gasteiger partial charge in [-0.25, -0.2) is 0 Å². The lowest BCUT2D eigenvalue weighted by Crippen LogP contribution is -2.26. The molecule has 2 aromatic rings. The van der Waals surface area contributed by atoms with Gasteiger partial charge in [-0.05, 0) is 42.8 Å². The van der Waals surface area contributed by atoms with Crippen LogP contribution in [-0.2, 0) is 0 Å². The van der Waals surface area contributed by atoms with Crippen molar-refractivity contribution in [3.05, 3.63) is 52.5 Å². The second-order valence-corrected chi connectivity index (χ2v) is 5.85. The van der Waals surface area contributed by atoms with Crippen LogP contribution >= 0.6 is 11.6 Å². The van der Waals surface area contributed by atoms with E-state index < -0.39 is 0 Å². The number of halogens is 1. The Bertz CT molecular complexity index is 763. The van der Waals surface area contributed by atoms with Crippen molar-refractivity contribution in [2.45, 2.75) is 13.0 Å². The van der Waals surface area contributed by atoms with Crippen molar-refractivity contribution in [3.8, 4) is 17.2 Å². The average molecular weight is 348 g/mol. The van der Waals surface area contributed by atoms with Gasteiger partial charge in [0.15, 0.2) is 11.5 Å². The molecule has 126 valence electrons. The van der Waals surface area contributed by atoms with E-state index in [0.29, 0.717) is 35.3 Å². The fraction of sp³-hybridized carbons (Fsp3) is 0.278. The smallest absolute Gasteiger partial charge is 0.251 e. The lowest BCUT2D eigenvalue weighted by molar-refractivity contribution is 0.0939. The maximum atomic E-state index is 12.4. The van der Waals surface area contributed by atoms with Crippen LogP contribution in [0.25, 0.3) is 0 Å². The summed E-state index contributed by atoms with van der Waals surface area (Å²) in [6.07, 6.45) is 0. The quantitative estimate of drug-likeness (QED) is 0.918. The van der Waals surface area contributed by atoms with E-state index in [0.717, 1.165) is 11.3 Å². The Hall–Kier alpha value is -2.40. The van der Waals surface area contributed by atoms with Gasteiger partial charge in [0.1, 0.15) is 19.0 Å². The van der Waals surface area contributed by atoms with Gasteiger partial charge in [0, 0.05) is 5.56 Å². The molecule has 1 atom stereocenters. The number of methoxy groups -OCH3 is 1. The number of carbonyl (C=O) groups is 1. The van der Waals surface area contributed by atoms with Gasteiger partial charge in [0.2, 0.25) is 0 Å². The van der Waals surface area contributed by atoms with E-state index in [2.05, 4.69) is 5.32 Å². The molecule has 1 unspecified atom stereocenters. The molecule has 1 N–H and O–H groups in total. The summed E-state index contributed by atoms with van der Waals surface area (Å²) in [5.74, 6) is 1.76. The van der Waals surface area contributed by atoms with Crippen molar-refractivity contribution in [3.63, 3.8) is 0 Å². The summed E-state index contributed by atoms with van der Waals surface area (Å²) >= 11 is 6.07. The highest BCUT2D eigenvalue weighted by Crippen LogP contribution is 2.32. The zero-order valence-corrected chi connectivity index (χ0v) is 14.2. The Morgan fingerprint density at radius 1 is 1.17 bits per heavy atom. The van der Waals surface area contributed by atoms with Crippen molar-refractivity contribution in [1.29, 1.82) is 0 Å². The Morgan fingerprint density at radius 3 is 2.62 bits per heavy atom. The maximum Gasteiger partial charge on any atom is 0.251 e. The van der Waals surface area contributed by atoms with Crippen LogP contribution in [0, 0.1) is 0 Å². The van der Waals surface area contributed by atoms with Gasteiger partial charge in [0.25, 0.3) is 5.91 Å². The van der Waals surface area contributed by atoms with Gasteiger partial charge in [-0.15, -0.1) is 0 Å². The molecule has 3 rings (SSSR count). The molecule has 5 nitrogen and oxygen atoms in total. The van der Waals surface area contributed by atoms with Crippen molar-refractivity contribution in [2.24, 2.45) is 0 Å². The van der Waals surface area contributed by atoms with Crippen LogP contribution in [0.2, 0.25) is 5.02 Å². The van der Waals surface area contributed by atoms with E-state index in [1.165, 1.54) is 7.11 Å². The Morgan fingerprint density at radius 2 is 1.92 bits per heavy atom. The van der Waals surface area contributed by atoms with Crippen LogP contribution in [0.5, 0.6) is 17.2 Å². The highest BCUT2D eigenvalue weighted by molar-refractivity contribution is 6.32. The molecular formula is C18H18ClNO4. The number of ether oxygens (including phenoxy) is 3. The first kappa shape index (κ1) is 16.5. The number of benzene rings is 2. The fourth-order valence-corrected chi connectivity index (χ4v) is 2.76. The highest BCUT2D eigenvalue weighted by atomic mass is 35.5. The lowest BCUT2D eigenvalue weighted by atomic mass is 10.1. The third-order valence-electron chi connectivity index (χ3n) is 3.83. The van der Waals surface area contributed by atoms with Gasteiger partial charge in [0.05, 0.1) is 18.2 Å². The zero-order chi connectivity index (χ0) is 17.1. The summed E-state index contributed by atoms with van der Waals surface area (Å²) in [6.45, 7) is 2.99.